The third-order valence-electron chi connectivity index (χ3n) is 2.98. The highest BCUT2D eigenvalue weighted by Gasteiger charge is 2.24. The molecule has 4 heteroatoms. The van der Waals surface area contributed by atoms with Crippen LogP contribution in [-0.4, -0.2) is 23.7 Å². The van der Waals surface area contributed by atoms with E-state index in [1.165, 1.54) is 0 Å². The van der Waals surface area contributed by atoms with Crippen LogP contribution in [0, 0.1) is 0 Å². The minimum Gasteiger partial charge on any atom is -0.491 e. The van der Waals surface area contributed by atoms with Crippen LogP contribution in [0.3, 0.4) is 0 Å². The molecule has 0 spiro atoms. The topological polar surface area (TPSA) is 58.6 Å². The molecule has 1 aliphatic heterocycles. The first kappa shape index (κ1) is 11.9. The molecule has 2 unspecified atom stereocenters. The smallest absolute Gasteiger partial charge is 0.303 e. The zero-order chi connectivity index (χ0) is 12.3. The van der Waals surface area contributed by atoms with Gasteiger partial charge in [0.25, 0.3) is 0 Å². The standard InChI is InChI=1S/C13H17NO3/c1-9(6-7-13(15)16)14-11-8-17-12-5-3-2-4-10(11)12/h2-5,9,11,14H,6-8H2,1H3,(H,15,16). The lowest BCUT2D eigenvalue weighted by Crippen LogP contribution is -2.31. The Kier molecular flexibility index (Phi) is 3.64. The Morgan fingerprint density at radius 3 is 3.12 bits per heavy atom. The highest BCUT2D eigenvalue weighted by atomic mass is 16.5. The fraction of sp³-hybridized carbons (Fsp3) is 0.462. The van der Waals surface area contributed by atoms with Crippen LogP contribution >= 0.6 is 0 Å². The quantitative estimate of drug-likeness (QED) is 0.819. The van der Waals surface area contributed by atoms with Crippen LogP contribution in [0.4, 0.5) is 0 Å². The molecular weight excluding hydrogens is 218 g/mol. The van der Waals surface area contributed by atoms with Crippen molar-refractivity contribution in [3.05, 3.63) is 29.8 Å². The summed E-state index contributed by atoms with van der Waals surface area (Å²) in [6.45, 7) is 2.63. The van der Waals surface area contributed by atoms with Crippen molar-refractivity contribution in [2.75, 3.05) is 6.61 Å². The molecule has 0 saturated heterocycles. The molecule has 1 aromatic rings. The Balaban J connectivity index is 1.90. The number of hydrogen-bond acceptors (Lipinski definition) is 3. The molecule has 0 bridgehead atoms. The summed E-state index contributed by atoms with van der Waals surface area (Å²) in [5, 5.41) is 12.0. The zero-order valence-corrected chi connectivity index (χ0v) is 9.85. The summed E-state index contributed by atoms with van der Waals surface area (Å²) >= 11 is 0. The molecule has 0 radical (unpaired) electrons. The number of aliphatic carboxylic acids is 1. The average molecular weight is 235 g/mol. The van der Waals surface area contributed by atoms with Gasteiger partial charge in [0.05, 0.1) is 6.04 Å². The zero-order valence-electron chi connectivity index (χ0n) is 9.85. The van der Waals surface area contributed by atoms with Crippen LogP contribution in [0.25, 0.3) is 0 Å². The molecule has 0 aliphatic carbocycles. The SMILES string of the molecule is CC(CCC(=O)O)NC1COc2ccccc21. The number of carboxylic acids is 1. The Morgan fingerprint density at radius 2 is 2.35 bits per heavy atom. The van der Waals surface area contributed by atoms with Gasteiger partial charge in [0, 0.05) is 18.0 Å². The Hall–Kier alpha value is -1.55. The molecule has 2 N–H and O–H groups in total. The number of benzene rings is 1. The summed E-state index contributed by atoms with van der Waals surface area (Å²) in [5.74, 6) is 0.178. The molecule has 1 aromatic carbocycles. The van der Waals surface area contributed by atoms with Gasteiger partial charge in [-0.25, -0.2) is 0 Å². The lowest BCUT2D eigenvalue weighted by molar-refractivity contribution is -0.137. The van der Waals surface area contributed by atoms with Crippen molar-refractivity contribution < 1.29 is 14.6 Å². The van der Waals surface area contributed by atoms with Gasteiger partial charge >= 0.3 is 5.97 Å². The molecule has 0 saturated carbocycles. The van der Waals surface area contributed by atoms with Crippen molar-refractivity contribution in [1.82, 2.24) is 5.32 Å². The maximum atomic E-state index is 10.5. The first-order valence-electron chi connectivity index (χ1n) is 5.86. The van der Waals surface area contributed by atoms with Gasteiger partial charge in [-0.3, -0.25) is 4.79 Å². The summed E-state index contributed by atoms with van der Waals surface area (Å²) in [7, 11) is 0. The van der Waals surface area contributed by atoms with Crippen molar-refractivity contribution >= 4 is 5.97 Å². The molecule has 1 aliphatic rings. The van der Waals surface area contributed by atoms with Crippen molar-refractivity contribution in [2.24, 2.45) is 0 Å². The van der Waals surface area contributed by atoms with Gasteiger partial charge in [-0.2, -0.15) is 0 Å². The lowest BCUT2D eigenvalue weighted by Gasteiger charge is -2.17. The van der Waals surface area contributed by atoms with Crippen molar-refractivity contribution in [3.63, 3.8) is 0 Å². The van der Waals surface area contributed by atoms with E-state index in [4.69, 9.17) is 9.84 Å². The predicted octanol–water partition coefficient (Wildman–Crippen LogP) is 1.96. The second-order valence-electron chi connectivity index (χ2n) is 4.40. The van der Waals surface area contributed by atoms with E-state index in [1.807, 2.05) is 31.2 Å². The lowest BCUT2D eigenvalue weighted by atomic mass is 10.1. The first-order valence-corrected chi connectivity index (χ1v) is 5.86. The van der Waals surface area contributed by atoms with Crippen LogP contribution in [0.15, 0.2) is 24.3 Å². The predicted molar refractivity (Wildman–Crippen MR) is 64.1 cm³/mol. The number of ether oxygens (including phenoxy) is 1. The minimum absolute atomic E-state index is 0.172. The van der Waals surface area contributed by atoms with Gasteiger partial charge in [0.2, 0.25) is 0 Å². The number of hydrogen-bond donors (Lipinski definition) is 2. The number of carbonyl (C=O) groups is 1. The summed E-state index contributed by atoms with van der Waals surface area (Å²) in [4.78, 5) is 10.5. The second kappa shape index (κ2) is 5.19. The van der Waals surface area contributed by atoms with Crippen molar-refractivity contribution in [3.8, 4) is 5.75 Å². The molecule has 0 fully saturated rings. The van der Waals surface area contributed by atoms with E-state index < -0.39 is 5.97 Å². The third kappa shape index (κ3) is 2.97. The summed E-state index contributed by atoms with van der Waals surface area (Å²) in [5.41, 5.74) is 1.16. The van der Waals surface area contributed by atoms with E-state index in [0.29, 0.717) is 13.0 Å². The number of para-hydroxylation sites is 1. The highest BCUT2D eigenvalue weighted by molar-refractivity contribution is 5.66. The monoisotopic (exact) mass is 235 g/mol. The fourth-order valence-electron chi connectivity index (χ4n) is 2.07. The number of nitrogens with one attached hydrogen (secondary N) is 1. The van der Waals surface area contributed by atoms with Gasteiger partial charge in [0.15, 0.2) is 0 Å². The number of fused-ring (bicyclic) bond motifs is 1. The van der Waals surface area contributed by atoms with E-state index in [2.05, 4.69) is 5.32 Å². The van der Waals surface area contributed by atoms with Crippen LogP contribution in [0.1, 0.15) is 31.4 Å². The maximum absolute atomic E-state index is 10.5. The maximum Gasteiger partial charge on any atom is 0.303 e. The molecule has 4 nitrogen and oxygen atoms in total. The van der Waals surface area contributed by atoms with E-state index in [0.717, 1.165) is 11.3 Å². The van der Waals surface area contributed by atoms with Crippen molar-refractivity contribution in [1.29, 1.82) is 0 Å². The average Bonchev–Trinajstić information content (AvgIpc) is 2.70. The van der Waals surface area contributed by atoms with Gasteiger partial charge in [-0.1, -0.05) is 18.2 Å². The Bertz CT molecular complexity index is 405. The molecule has 0 amide bonds. The number of rotatable bonds is 5. The summed E-state index contributed by atoms with van der Waals surface area (Å²) in [6, 6.07) is 8.29. The van der Waals surface area contributed by atoms with E-state index in [9.17, 15) is 4.79 Å². The molecule has 0 aromatic heterocycles. The van der Waals surface area contributed by atoms with Gasteiger partial charge in [-0.15, -0.1) is 0 Å². The minimum atomic E-state index is -0.748. The fourth-order valence-corrected chi connectivity index (χ4v) is 2.07. The molecule has 2 rings (SSSR count). The van der Waals surface area contributed by atoms with Crippen LogP contribution in [-0.2, 0) is 4.79 Å². The van der Waals surface area contributed by atoms with Gasteiger partial charge in [0.1, 0.15) is 12.4 Å². The van der Waals surface area contributed by atoms with Gasteiger partial charge in [-0.05, 0) is 19.4 Å². The molecule has 17 heavy (non-hydrogen) atoms. The van der Waals surface area contributed by atoms with Crippen LogP contribution in [0.5, 0.6) is 5.75 Å². The van der Waals surface area contributed by atoms with Crippen LogP contribution < -0.4 is 10.1 Å². The summed E-state index contributed by atoms with van der Waals surface area (Å²) in [6.07, 6.45) is 0.831. The second-order valence-corrected chi connectivity index (χ2v) is 4.40. The summed E-state index contributed by atoms with van der Waals surface area (Å²) < 4.78 is 5.56. The van der Waals surface area contributed by atoms with E-state index >= 15 is 0 Å². The molecule has 1 heterocycles. The van der Waals surface area contributed by atoms with E-state index in [-0.39, 0.29) is 18.5 Å². The normalized spacial score (nSPS) is 19.5. The number of carboxylic acid groups (broad SMARTS) is 1. The van der Waals surface area contributed by atoms with Crippen LogP contribution in [0.2, 0.25) is 0 Å². The van der Waals surface area contributed by atoms with E-state index in [1.54, 1.807) is 0 Å². The Labute approximate surface area is 101 Å². The molecule has 2 atom stereocenters. The van der Waals surface area contributed by atoms with Crippen molar-refractivity contribution in [2.45, 2.75) is 31.8 Å². The molecular formula is C13H17NO3. The Morgan fingerprint density at radius 1 is 1.59 bits per heavy atom. The largest absolute Gasteiger partial charge is 0.491 e. The first-order chi connectivity index (χ1) is 8.16. The molecule has 92 valence electrons. The van der Waals surface area contributed by atoms with Gasteiger partial charge < -0.3 is 15.2 Å². The third-order valence-corrected chi connectivity index (χ3v) is 2.98. The highest BCUT2D eigenvalue weighted by Crippen LogP contribution is 2.32.